The van der Waals surface area contributed by atoms with Crippen LogP contribution in [0.15, 0.2) is 60.8 Å². The molecule has 1 amide bonds. The highest BCUT2D eigenvalue weighted by Gasteiger charge is 2.39. The number of aryl methyl sites for hydroxylation is 1. The van der Waals surface area contributed by atoms with Gasteiger partial charge in [0.1, 0.15) is 12.4 Å². The molecule has 2 aliphatic carbocycles. The predicted octanol–water partition coefficient (Wildman–Crippen LogP) is 3.94. The number of nitrogens with zero attached hydrogens (tertiary/aromatic N) is 3. The number of carbonyl (C=O) groups is 2. The Hall–Kier alpha value is -3.61. The molecule has 1 heterocycles. The third-order valence-electron chi connectivity index (χ3n) is 6.12. The summed E-state index contributed by atoms with van der Waals surface area (Å²) in [6, 6.07) is 16.3. The van der Waals surface area contributed by atoms with Gasteiger partial charge in [-0.2, -0.15) is 9.78 Å². The van der Waals surface area contributed by atoms with Gasteiger partial charge in [0, 0.05) is 23.8 Å². The monoisotopic (exact) mass is 431 g/mol. The zero-order valence-electron chi connectivity index (χ0n) is 17.7. The van der Waals surface area contributed by atoms with E-state index in [0.717, 1.165) is 36.1 Å². The van der Waals surface area contributed by atoms with Gasteiger partial charge in [0.2, 0.25) is 0 Å². The molecule has 7 nitrogen and oxygen atoms in total. The van der Waals surface area contributed by atoms with Crippen molar-refractivity contribution in [3.8, 4) is 5.75 Å². The van der Waals surface area contributed by atoms with Crippen molar-refractivity contribution in [1.82, 2.24) is 14.7 Å². The van der Waals surface area contributed by atoms with Crippen molar-refractivity contribution in [3.05, 3.63) is 83.2 Å². The summed E-state index contributed by atoms with van der Waals surface area (Å²) in [5.41, 5.74) is 3.39. The highest BCUT2D eigenvalue weighted by molar-refractivity contribution is 5.95. The van der Waals surface area contributed by atoms with E-state index >= 15 is 0 Å². The maximum absolute atomic E-state index is 13.2. The first-order chi connectivity index (χ1) is 15.6. The van der Waals surface area contributed by atoms with E-state index < -0.39 is 6.09 Å². The minimum atomic E-state index is -0.501. The number of aromatic hydroxyl groups is 1. The molecule has 2 aliphatic rings. The van der Waals surface area contributed by atoms with E-state index in [1.54, 1.807) is 30.5 Å². The molecule has 0 aliphatic heterocycles. The van der Waals surface area contributed by atoms with Gasteiger partial charge in [-0.1, -0.05) is 30.3 Å². The average Bonchev–Trinajstić information content (AvgIpc) is 3.55. The second kappa shape index (κ2) is 8.49. The molecule has 5 rings (SSSR count). The number of hydrogen-bond acceptors (Lipinski definition) is 5. The molecule has 1 fully saturated rings. The summed E-state index contributed by atoms with van der Waals surface area (Å²) in [4.78, 5) is 27.7. The van der Waals surface area contributed by atoms with Crippen LogP contribution >= 0.6 is 0 Å². The quantitative estimate of drug-likeness (QED) is 0.662. The summed E-state index contributed by atoms with van der Waals surface area (Å²) in [7, 11) is 0. The van der Waals surface area contributed by atoms with Gasteiger partial charge in [-0.3, -0.25) is 4.79 Å². The first-order valence-electron chi connectivity index (χ1n) is 11.0. The molecular weight excluding hydrogens is 406 g/mol. The third kappa shape index (κ3) is 4.23. The summed E-state index contributed by atoms with van der Waals surface area (Å²) in [6.45, 7) is 0.198. The van der Waals surface area contributed by atoms with E-state index in [1.807, 2.05) is 35.2 Å². The number of hydrogen-bond donors (Lipinski definition) is 1. The van der Waals surface area contributed by atoms with Gasteiger partial charge < -0.3 is 14.7 Å². The van der Waals surface area contributed by atoms with Gasteiger partial charge in [0.15, 0.2) is 0 Å². The van der Waals surface area contributed by atoms with Gasteiger partial charge in [0.25, 0.3) is 5.91 Å². The van der Waals surface area contributed by atoms with Crippen LogP contribution in [0.2, 0.25) is 0 Å². The predicted molar refractivity (Wildman–Crippen MR) is 117 cm³/mol. The van der Waals surface area contributed by atoms with E-state index in [9.17, 15) is 14.7 Å². The molecule has 7 heteroatoms. The van der Waals surface area contributed by atoms with Crippen LogP contribution in [0, 0.1) is 0 Å². The van der Waals surface area contributed by atoms with Crippen LogP contribution < -0.4 is 0 Å². The minimum absolute atomic E-state index is 0.00406. The SMILES string of the molecule is O=C(c1ccc(O)cc1)N(C1CC1)C1CCc2nn(C(=O)OCc3ccccc3)cc2C1. The van der Waals surface area contributed by atoms with Crippen LogP contribution in [-0.2, 0) is 24.2 Å². The highest BCUT2D eigenvalue weighted by Crippen LogP contribution is 2.35. The van der Waals surface area contributed by atoms with Crippen LogP contribution in [0.4, 0.5) is 4.79 Å². The number of carbonyl (C=O) groups excluding carboxylic acids is 2. The number of phenolic OH excluding ortho intramolecular Hbond substituents is 1. The van der Waals surface area contributed by atoms with Crippen molar-refractivity contribution in [2.45, 2.75) is 50.8 Å². The lowest BCUT2D eigenvalue weighted by molar-refractivity contribution is 0.0642. The first kappa shape index (κ1) is 20.3. The van der Waals surface area contributed by atoms with Crippen molar-refractivity contribution in [2.75, 3.05) is 0 Å². The number of aromatic nitrogens is 2. The van der Waals surface area contributed by atoms with E-state index in [4.69, 9.17) is 4.74 Å². The number of amides is 1. The maximum atomic E-state index is 13.2. The number of ether oxygens (including phenoxy) is 1. The molecule has 1 N–H and O–H groups in total. The molecule has 1 saturated carbocycles. The molecule has 1 unspecified atom stereocenters. The standard InChI is InChI=1S/C25H25N3O4/c29-22-11-6-18(7-12-22)24(30)28(20-8-9-20)21-10-13-23-19(14-21)15-27(26-23)25(31)32-16-17-4-2-1-3-5-17/h1-7,11-12,15,20-21,29H,8-10,13-14,16H2. The highest BCUT2D eigenvalue weighted by atomic mass is 16.6. The van der Waals surface area contributed by atoms with Gasteiger partial charge in [-0.05, 0) is 67.5 Å². The van der Waals surface area contributed by atoms with Crippen LogP contribution in [0.5, 0.6) is 5.75 Å². The number of phenols is 1. The second-order valence-corrected chi connectivity index (χ2v) is 8.47. The van der Waals surface area contributed by atoms with Crippen LogP contribution in [-0.4, -0.2) is 43.9 Å². The fourth-order valence-corrected chi connectivity index (χ4v) is 4.34. The zero-order valence-corrected chi connectivity index (χ0v) is 17.7. The van der Waals surface area contributed by atoms with Crippen LogP contribution in [0.1, 0.15) is 46.4 Å². The lowest BCUT2D eigenvalue weighted by atomic mass is 9.91. The molecule has 1 aromatic heterocycles. The van der Waals surface area contributed by atoms with Crippen molar-refractivity contribution in [1.29, 1.82) is 0 Å². The number of benzene rings is 2. The van der Waals surface area contributed by atoms with E-state index in [0.29, 0.717) is 18.4 Å². The van der Waals surface area contributed by atoms with Crippen molar-refractivity contribution >= 4 is 12.0 Å². The lowest BCUT2D eigenvalue weighted by Gasteiger charge is -2.34. The summed E-state index contributed by atoms with van der Waals surface area (Å²) in [5.74, 6) is 0.143. The summed E-state index contributed by atoms with van der Waals surface area (Å²) < 4.78 is 6.67. The molecule has 2 aromatic carbocycles. The Labute approximate surface area is 186 Å². The largest absolute Gasteiger partial charge is 0.508 e. The Morgan fingerprint density at radius 1 is 1.03 bits per heavy atom. The van der Waals surface area contributed by atoms with Crippen molar-refractivity contribution in [3.63, 3.8) is 0 Å². The number of fused-ring (bicyclic) bond motifs is 1. The smallest absolute Gasteiger partial charge is 0.435 e. The Kier molecular flexibility index (Phi) is 5.39. The molecule has 0 bridgehead atoms. The Morgan fingerprint density at radius 3 is 2.50 bits per heavy atom. The second-order valence-electron chi connectivity index (χ2n) is 8.47. The van der Waals surface area contributed by atoms with Crippen molar-refractivity contribution < 1.29 is 19.4 Å². The van der Waals surface area contributed by atoms with Gasteiger partial charge in [-0.15, -0.1) is 0 Å². The fourth-order valence-electron chi connectivity index (χ4n) is 4.34. The Balaban J connectivity index is 1.28. The fraction of sp³-hybridized carbons (Fsp3) is 0.320. The van der Waals surface area contributed by atoms with Crippen molar-refractivity contribution in [2.24, 2.45) is 0 Å². The summed E-state index contributed by atoms with van der Waals surface area (Å²) in [5, 5.41) is 14.0. The maximum Gasteiger partial charge on any atom is 0.435 e. The molecule has 0 spiro atoms. The lowest BCUT2D eigenvalue weighted by Crippen LogP contribution is -2.44. The van der Waals surface area contributed by atoms with E-state index in [2.05, 4.69) is 5.10 Å². The first-order valence-corrected chi connectivity index (χ1v) is 11.0. The van der Waals surface area contributed by atoms with Gasteiger partial charge >= 0.3 is 6.09 Å². The average molecular weight is 431 g/mol. The normalized spacial score (nSPS) is 17.4. The van der Waals surface area contributed by atoms with E-state index in [1.165, 1.54) is 4.68 Å². The van der Waals surface area contributed by atoms with Crippen LogP contribution in [0.3, 0.4) is 0 Å². The van der Waals surface area contributed by atoms with E-state index in [-0.39, 0.29) is 30.3 Å². The summed E-state index contributed by atoms with van der Waals surface area (Å²) in [6.07, 6.45) is 5.45. The zero-order chi connectivity index (χ0) is 22.1. The molecule has 0 radical (unpaired) electrons. The number of rotatable bonds is 5. The molecule has 0 saturated heterocycles. The molecule has 1 atom stereocenters. The molecule has 32 heavy (non-hydrogen) atoms. The van der Waals surface area contributed by atoms with Crippen LogP contribution in [0.25, 0.3) is 0 Å². The third-order valence-corrected chi connectivity index (χ3v) is 6.12. The minimum Gasteiger partial charge on any atom is -0.508 e. The molecule has 164 valence electrons. The van der Waals surface area contributed by atoms with Gasteiger partial charge in [0.05, 0.1) is 5.69 Å². The van der Waals surface area contributed by atoms with Gasteiger partial charge in [-0.25, -0.2) is 4.79 Å². The Bertz CT molecular complexity index is 1120. The summed E-state index contributed by atoms with van der Waals surface area (Å²) >= 11 is 0. The molecule has 3 aromatic rings. The molecular formula is C25H25N3O4. The topological polar surface area (TPSA) is 84.7 Å². The Morgan fingerprint density at radius 2 is 1.78 bits per heavy atom.